The minimum Gasteiger partial charge on any atom is -0.482 e. The Morgan fingerprint density at radius 2 is 2.28 bits per heavy atom. The van der Waals surface area contributed by atoms with Gasteiger partial charge in [0.15, 0.2) is 6.61 Å². The highest BCUT2D eigenvalue weighted by Gasteiger charge is 2.29. The molecule has 1 aromatic heterocycles. The van der Waals surface area contributed by atoms with Gasteiger partial charge in [-0.25, -0.2) is 0 Å². The first-order valence-corrected chi connectivity index (χ1v) is 8.56. The quantitative estimate of drug-likeness (QED) is 0.926. The zero-order chi connectivity index (χ0) is 17.2. The van der Waals surface area contributed by atoms with Gasteiger partial charge in [-0.3, -0.25) is 14.3 Å². The lowest BCUT2D eigenvalue weighted by atomic mass is 10.0. The Kier molecular flexibility index (Phi) is 4.13. The van der Waals surface area contributed by atoms with E-state index in [9.17, 15) is 9.59 Å². The second kappa shape index (κ2) is 6.58. The summed E-state index contributed by atoms with van der Waals surface area (Å²) in [5.74, 6) is 0.383. The Hall–Kier alpha value is -2.83. The van der Waals surface area contributed by atoms with Gasteiger partial charge in [0.1, 0.15) is 5.75 Å². The number of carbonyl (C=O) groups excluding carboxylic acids is 2. The second-order valence-corrected chi connectivity index (χ2v) is 6.42. The third-order valence-corrected chi connectivity index (χ3v) is 4.70. The molecule has 1 N–H and O–H groups in total. The summed E-state index contributed by atoms with van der Waals surface area (Å²) < 4.78 is 7.23. The van der Waals surface area contributed by atoms with Gasteiger partial charge in [0.05, 0.1) is 18.3 Å². The molecular weight excluding hydrogens is 320 g/mol. The number of nitrogens with one attached hydrogen (secondary N) is 1. The van der Waals surface area contributed by atoms with E-state index in [-0.39, 0.29) is 24.5 Å². The van der Waals surface area contributed by atoms with Crippen molar-refractivity contribution >= 4 is 17.5 Å². The van der Waals surface area contributed by atoms with E-state index in [1.54, 1.807) is 24.4 Å². The fourth-order valence-corrected chi connectivity index (χ4v) is 3.46. The molecule has 2 aliphatic heterocycles. The number of likely N-dealkylation sites (tertiary alicyclic amines) is 1. The van der Waals surface area contributed by atoms with Gasteiger partial charge < -0.3 is 15.0 Å². The molecule has 25 heavy (non-hydrogen) atoms. The third-order valence-electron chi connectivity index (χ3n) is 4.70. The summed E-state index contributed by atoms with van der Waals surface area (Å²) in [6.07, 6.45) is 6.76. The lowest BCUT2D eigenvalue weighted by Crippen LogP contribution is -2.46. The van der Waals surface area contributed by atoms with Crippen LogP contribution in [0, 0.1) is 0 Å². The topological polar surface area (TPSA) is 76.5 Å². The largest absolute Gasteiger partial charge is 0.482 e. The molecule has 1 unspecified atom stereocenters. The summed E-state index contributed by atoms with van der Waals surface area (Å²) in [7, 11) is 0. The van der Waals surface area contributed by atoms with Crippen molar-refractivity contribution in [2.75, 3.05) is 18.5 Å². The first kappa shape index (κ1) is 15.7. The average molecular weight is 340 g/mol. The summed E-state index contributed by atoms with van der Waals surface area (Å²) >= 11 is 0. The summed E-state index contributed by atoms with van der Waals surface area (Å²) in [5.41, 5.74) is 1.12. The minimum atomic E-state index is -0.202. The molecule has 1 saturated heterocycles. The third kappa shape index (κ3) is 3.22. The van der Waals surface area contributed by atoms with E-state index in [0.29, 0.717) is 23.5 Å². The highest BCUT2D eigenvalue weighted by atomic mass is 16.5. The molecule has 0 bridgehead atoms. The van der Waals surface area contributed by atoms with E-state index >= 15 is 0 Å². The number of ether oxygens (including phenoxy) is 1. The van der Waals surface area contributed by atoms with E-state index < -0.39 is 0 Å². The maximum atomic E-state index is 13.0. The van der Waals surface area contributed by atoms with Crippen LogP contribution in [0.4, 0.5) is 5.69 Å². The van der Waals surface area contributed by atoms with Crippen molar-refractivity contribution in [1.29, 1.82) is 0 Å². The van der Waals surface area contributed by atoms with Gasteiger partial charge in [0.2, 0.25) is 0 Å². The first-order chi connectivity index (χ1) is 12.2. The lowest BCUT2D eigenvalue weighted by Gasteiger charge is -2.36. The molecule has 7 heteroatoms. The van der Waals surface area contributed by atoms with Crippen LogP contribution in [0.2, 0.25) is 0 Å². The van der Waals surface area contributed by atoms with Crippen LogP contribution in [0.3, 0.4) is 0 Å². The maximum Gasteiger partial charge on any atom is 0.262 e. The van der Waals surface area contributed by atoms with Crippen molar-refractivity contribution in [3.63, 3.8) is 0 Å². The van der Waals surface area contributed by atoms with Crippen LogP contribution in [0.5, 0.6) is 5.75 Å². The second-order valence-electron chi connectivity index (χ2n) is 6.42. The molecule has 2 aliphatic rings. The summed E-state index contributed by atoms with van der Waals surface area (Å²) in [5, 5.41) is 7.01. The van der Waals surface area contributed by atoms with Crippen molar-refractivity contribution in [2.45, 2.75) is 31.8 Å². The van der Waals surface area contributed by atoms with Gasteiger partial charge in [-0.05, 0) is 43.5 Å². The molecule has 0 spiro atoms. The average Bonchev–Trinajstić information content (AvgIpc) is 3.14. The maximum absolute atomic E-state index is 13.0. The van der Waals surface area contributed by atoms with Gasteiger partial charge in [-0.15, -0.1) is 0 Å². The smallest absolute Gasteiger partial charge is 0.262 e. The predicted octanol–water partition coefficient (Wildman–Crippen LogP) is 1.91. The lowest BCUT2D eigenvalue weighted by molar-refractivity contribution is -0.118. The molecule has 1 atom stereocenters. The van der Waals surface area contributed by atoms with E-state index in [0.717, 1.165) is 25.8 Å². The Morgan fingerprint density at radius 3 is 3.12 bits per heavy atom. The standard InChI is InChI=1S/C18H20N4O3/c23-17-12-25-16-6-5-13(10-15(16)20-17)18(24)22-9-2-1-4-14(22)11-21-8-3-7-19-21/h3,5-8,10,14H,1-2,4,9,11-12H2,(H,20,23). The Bertz CT molecular complexity index is 788. The van der Waals surface area contributed by atoms with E-state index in [4.69, 9.17) is 4.74 Å². The normalized spacial score (nSPS) is 19.8. The van der Waals surface area contributed by atoms with Crippen molar-refractivity contribution in [3.8, 4) is 5.75 Å². The molecule has 3 heterocycles. The van der Waals surface area contributed by atoms with Crippen LogP contribution in [-0.4, -0.2) is 45.7 Å². The monoisotopic (exact) mass is 340 g/mol. The number of aromatic nitrogens is 2. The fourth-order valence-electron chi connectivity index (χ4n) is 3.46. The van der Waals surface area contributed by atoms with Crippen molar-refractivity contribution in [1.82, 2.24) is 14.7 Å². The number of anilines is 1. The molecule has 0 saturated carbocycles. The number of nitrogens with zero attached hydrogens (tertiary/aromatic N) is 3. The number of rotatable bonds is 3. The van der Waals surface area contributed by atoms with Crippen LogP contribution in [-0.2, 0) is 11.3 Å². The molecular formula is C18H20N4O3. The van der Waals surface area contributed by atoms with Crippen LogP contribution < -0.4 is 10.1 Å². The summed E-state index contributed by atoms with van der Waals surface area (Å²) in [6, 6.07) is 7.23. The molecule has 0 radical (unpaired) electrons. The molecule has 130 valence electrons. The van der Waals surface area contributed by atoms with Gasteiger partial charge in [0, 0.05) is 24.5 Å². The number of carbonyl (C=O) groups is 2. The van der Waals surface area contributed by atoms with Gasteiger partial charge in [-0.1, -0.05) is 0 Å². The molecule has 2 aromatic rings. The zero-order valence-corrected chi connectivity index (χ0v) is 13.9. The number of hydrogen-bond acceptors (Lipinski definition) is 4. The Morgan fingerprint density at radius 1 is 1.36 bits per heavy atom. The Labute approximate surface area is 145 Å². The number of fused-ring (bicyclic) bond motifs is 1. The van der Waals surface area contributed by atoms with Crippen molar-refractivity contribution in [3.05, 3.63) is 42.2 Å². The van der Waals surface area contributed by atoms with Crippen molar-refractivity contribution in [2.24, 2.45) is 0 Å². The first-order valence-electron chi connectivity index (χ1n) is 8.56. The van der Waals surface area contributed by atoms with Crippen LogP contribution in [0.15, 0.2) is 36.7 Å². The van der Waals surface area contributed by atoms with Gasteiger partial charge in [-0.2, -0.15) is 5.10 Å². The fraction of sp³-hybridized carbons (Fsp3) is 0.389. The molecule has 2 amide bonds. The summed E-state index contributed by atoms with van der Waals surface area (Å²) in [6.45, 7) is 1.45. The molecule has 7 nitrogen and oxygen atoms in total. The number of benzene rings is 1. The molecule has 1 aromatic carbocycles. The summed E-state index contributed by atoms with van der Waals surface area (Å²) in [4.78, 5) is 26.5. The van der Waals surface area contributed by atoms with Crippen LogP contribution in [0.1, 0.15) is 29.6 Å². The molecule has 0 aliphatic carbocycles. The highest BCUT2D eigenvalue weighted by molar-refractivity contribution is 6.00. The van der Waals surface area contributed by atoms with Gasteiger partial charge in [0.25, 0.3) is 11.8 Å². The highest BCUT2D eigenvalue weighted by Crippen LogP contribution is 2.30. The van der Waals surface area contributed by atoms with E-state index in [1.165, 1.54) is 0 Å². The van der Waals surface area contributed by atoms with E-state index in [1.807, 2.05) is 21.8 Å². The predicted molar refractivity (Wildman–Crippen MR) is 91.5 cm³/mol. The molecule has 4 rings (SSSR count). The Balaban J connectivity index is 1.56. The van der Waals surface area contributed by atoms with E-state index in [2.05, 4.69) is 10.4 Å². The van der Waals surface area contributed by atoms with Crippen LogP contribution in [0.25, 0.3) is 0 Å². The van der Waals surface area contributed by atoms with Crippen LogP contribution >= 0.6 is 0 Å². The zero-order valence-electron chi connectivity index (χ0n) is 13.9. The SMILES string of the molecule is O=C1COc2ccc(C(=O)N3CCCCC3Cn3cccn3)cc2N1. The number of amides is 2. The number of piperidine rings is 1. The number of hydrogen-bond donors (Lipinski definition) is 1. The molecule has 1 fully saturated rings. The van der Waals surface area contributed by atoms with Crippen molar-refractivity contribution < 1.29 is 14.3 Å². The van der Waals surface area contributed by atoms with Gasteiger partial charge >= 0.3 is 0 Å². The minimum absolute atomic E-state index is 0.0123.